The van der Waals surface area contributed by atoms with Crippen LogP contribution in [-0.2, 0) is 0 Å². The third-order valence-corrected chi connectivity index (χ3v) is 3.30. The maximum absolute atomic E-state index is 9.83. The van der Waals surface area contributed by atoms with Crippen LogP contribution in [0.5, 0.6) is 5.75 Å². The van der Waals surface area contributed by atoms with Gasteiger partial charge >= 0.3 is 0 Å². The number of nitrogens with two attached hydrogens (primary N) is 1. The summed E-state index contributed by atoms with van der Waals surface area (Å²) >= 11 is 0. The molecular formula is C15H28Cl2N2O2. The Labute approximate surface area is 140 Å². The molecule has 0 aliphatic heterocycles. The summed E-state index contributed by atoms with van der Waals surface area (Å²) in [5.74, 6) is 0.799. The molecule has 1 rings (SSSR count). The molecule has 0 spiro atoms. The van der Waals surface area contributed by atoms with Crippen LogP contribution in [0.4, 0.5) is 5.69 Å². The number of rotatable bonds is 6. The van der Waals surface area contributed by atoms with Gasteiger partial charge in [0.05, 0.1) is 0 Å². The van der Waals surface area contributed by atoms with E-state index in [0.29, 0.717) is 12.6 Å². The van der Waals surface area contributed by atoms with Gasteiger partial charge in [0.1, 0.15) is 18.5 Å². The lowest BCUT2D eigenvalue weighted by Crippen LogP contribution is -2.35. The lowest BCUT2D eigenvalue weighted by molar-refractivity contribution is 0.104. The number of aliphatic hydroxyl groups is 1. The van der Waals surface area contributed by atoms with E-state index in [0.717, 1.165) is 28.1 Å². The Morgan fingerprint density at radius 2 is 1.76 bits per heavy atom. The van der Waals surface area contributed by atoms with Gasteiger partial charge in [0.2, 0.25) is 0 Å². The van der Waals surface area contributed by atoms with Gasteiger partial charge in [0, 0.05) is 18.3 Å². The van der Waals surface area contributed by atoms with Gasteiger partial charge in [-0.3, -0.25) is 0 Å². The standard InChI is InChI=1S/C15H26N2O2.2ClH/c1-9(2)17-7-13(18)8-19-14-6-10(3)15(16)12(5)11(14)4;;/h6,9,13,17-18H,7-8,16H2,1-5H3;2*1H. The zero-order valence-electron chi connectivity index (χ0n) is 13.4. The van der Waals surface area contributed by atoms with E-state index in [4.69, 9.17) is 10.5 Å². The summed E-state index contributed by atoms with van der Waals surface area (Å²) in [5.41, 5.74) is 9.87. The second kappa shape index (κ2) is 10.1. The average Bonchev–Trinajstić information content (AvgIpc) is 2.36. The molecule has 124 valence electrons. The van der Waals surface area contributed by atoms with Crippen molar-refractivity contribution in [1.82, 2.24) is 5.32 Å². The van der Waals surface area contributed by atoms with Crippen molar-refractivity contribution in [2.24, 2.45) is 0 Å². The Balaban J connectivity index is 0. The lowest BCUT2D eigenvalue weighted by atomic mass is 10.0. The summed E-state index contributed by atoms with van der Waals surface area (Å²) in [6.45, 7) is 10.8. The van der Waals surface area contributed by atoms with Gasteiger partial charge in [-0.05, 0) is 43.5 Å². The van der Waals surface area contributed by atoms with Crippen LogP contribution in [0.3, 0.4) is 0 Å². The minimum Gasteiger partial charge on any atom is -0.491 e. The van der Waals surface area contributed by atoms with E-state index in [9.17, 15) is 5.11 Å². The summed E-state index contributed by atoms with van der Waals surface area (Å²) in [6.07, 6.45) is -0.514. The minimum absolute atomic E-state index is 0. The van der Waals surface area contributed by atoms with Gasteiger partial charge in [-0.1, -0.05) is 13.8 Å². The molecule has 0 fully saturated rings. The van der Waals surface area contributed by atoms with Crippen molar-refractivity contribution in [2.75, 3.05) is 18.9 Å². The number of ether oxygens (including phenoxy) is 1. The predicted octanol–water partition coefficient (Wildman–Crippen LogP) is 2.78. The van der Waals surface area contributed by atoms with Crippen LogP contribution in [0.25, 0.3) is 0 Å². The SMILES string of the molecule is Cc1cc(OCC(O)CNC(C)C)c(C)c(C)c1N.Cl.Cl. The first-order chi connectivity index (χ1) is 8.82. The molecule has 0 heterocycles. The maximum atomic E-state index is 9.83. The first kappa shape index (κ1) is 22.6. The zero-order valence-corrected chi connectivity index (χ0v) is 15.0. The second-order valence-electron chi connectivity index (χ2n) is 5.38. The fourth-order valence-electron chi connectivity index (χ4n) is 1.83. The van der Waals surface area contributed by atoms with Crippen LogP contribution in [-0.4, -0.2) is 30.4 Å². The number of hydrogen-bond acceptors (Lipinski definition) is 4. The Morgan fingerprint density at radius 3 is 2.29 bits per heavy atom. The third-order valence-electron chi connectivity index (χ3n) is 3.30. The first-order valence-corrected chi connectivity index (χ1v) is 6.73. The summed E-state index contributed by atoms with van der Waals surface area (Å²) < 4.78 is 5.70. The molecule has 1 aromatic rings. The highest BCUT2D eigenvalue weighted by Gasteiger charge is 2.11. The van der Waals surface area contributed by atoms with E-state index in [1.807, 2.05) is 40.7 Å². The van der Waals surface area contributed by atoms with E-state index >= 15 is 0 Å². The third kappa shape index (κ3) is 6.74. The van der Waals surface area contributed by atoms with Crippen LogP contribution in [0.2, 0.25) is 0 Å². The number of hydrogen-bond donors (Lipinski definition) is 3. The summed E-state index contributed by atoms with van der Waals surface area (Å²) in [6, 6.07) is 2.29. The van der Waals surface area contributed by atoms with Crippen molar-refractivity contribution in [1.29, 1.82) is 0 Å². The van der Waals surface area contributed by atoms with Gasteiger partial charge in [-0.25, -0.2) is 0 Å². The van der Waals surface area contributed by atoms with Crippen LogP contribution >= 0.6 is 24.8 Å². The monoisotopic (exact) mass is 338 g/mol. The molecule has 1 aromatic carbocycles. The van der Waals surface area contributed by atoms with E-state index in [1.165, 1.54) is 0 Å². The molecule has 1 atom stereocenters. The Kier molecular flexibility index (Phi) is 10.9. The molecule has 21 heavy (non-hydrogen) atoms. The summed E-state index contributed by atoms with van der Waals surface area (Å²) in [7, 11) is 0. The van der Waals surface area contributed by atoms with Crippen molar-refractivity contribution in [3.05, 3.63) is 22.8 Å². The largest absolute Gasteiger partial charge is 0.491 e. The molecule has 6 heteroatoms. The quantitative estimate of drug-likeness (QED) is 0.697. The number of nitrogen functional groups attached to an aromatic ring is 1. The molecule has 0 saturated heterocycles. The van der Waals surface area contributed by atoms with Crippen LogP contribution < -0.4 is 15.8 Å². The molecule has 4 N–H and O–H groups in total. The van der Waals surface area contributed by atoms with E-state index < -0.39 is 6.10 Å². The van der Waals surface area contributed by atoms with E-state index in [-0.39, 0.29) is 31.4 Å². The molecule has 0 aromatic heterocycles. The summed E-state index contributed by atoms with van der Waals surface area (Å²) in [5, 5.41) is 13.0. The van der Waals surface area contributed by atoms with Crippen LogP contribution in [0, 0.1) is 20.8 Å². The normalized spacial score (nSPS) is 11.6. The maximum Gasteiger partial charge on any atom is 0.123 e. The van der Waals surface area contributed by atoms with E-state index in [1.54, 1.807) is 0 Å². The van der Waals surface area contributed by atoms with Gasteiger partial charge in [-0.2, -0.15) is 0 Å². The molecule has 1 unspecified atom stereocenters. The zero-order chi connectivity index (χ0) is 14.6. The number of aryl methyl sites for hydroxylation is 1. The molecule has 0 bridgehead atoms. The highest BCUT2D eigenvalue weighted by atomic mass is 35.5. The predicted molar refractivity (Wildman–Crippen MR) is 94.2 cm³/mol. The summed E-state index contributed by atoms with van der Waals surface area (Å²) in [4.78, 5) is 0. The molecule has 4 nitrogen and oxygen atoms in total. The van der Waals surface area contributed by atoms with Crippen LogP contribution in [0.1, 0.15) is 30.5 Å². The Bertz CT molecular complexity index is 440. The lowest BCUT2D eigenvalue weighted by Gasteiger charge is -2.18. The topological polar surface area (TPSA) is 67.5 Å². The van der Waals surface area contributed by atoms with Crippen LogP contribution in [0.15, 0.2) is 6.07 Å². The number of nitrogens with one attached hydrogen (secondary N) is 1. The Hall–Kier alpha value is -0.680. The number of benzene rings is 1. The fraction of sp³-hybridized carbons (Fsp3) is 0.600. The van der Waals surface area contributed by atoms with Crippen molar-refractivity contribution >= 4 is 30.5 Å². The average molecular weight is 339 g/mol. The highest BCUT2D eigenvalue weighted by Crippen LogP contribution is 2.29. The van der Waals surface area contributed by atoms with Gasteiger partial charge in [0.15, 0.2) is 0 Å². The fourth-order valence-corrected chi connectivity index (χ4v) is 1.83. The molecular weight excluding hydrogens is 311 g/mol. The molecule has 0 saturated carbocycles. The number of halogens is 2. The van der Waals surface area contributed by atoms with Crippen molar-refractivity contribution in [3.8, 4) is 5.75 Å². The second-order valence-corrected chi connectivity index (χ2v) is 5.38. The number of anilines is 1. The number of aliphatic hydroxyl groups excluding tert-OH is 1. The van der Waals surface area contributed by atoms with Gasteiger partial charge in [-0.15, -0.1) is 24.8 Å². The van der Waals surface area contributed by atoms with Crippen molar-refractivity contribution < 1.29 is 9.84 Å². The van der Waals surface area contributed by atoms with Crippen molar-refractivity contribution in [3.63, 3.8) is 0 Å². The van der Waals surface area contributed by atoms with Crippen molar-refractivity contribution in [2.45, 2.75) is 46.8 Å². The molecule has 0 aliphatic carbocycles. The minimum atomic E-state index is -0.514. The molecule has 0 amide bonds. The molecule has 0 aliphatic rings. The smallest absolute Gasteiger partial charge is 0.123 e. The van der Waals surface area contributed by atoms with E-state index in [2.05, 4.69) is 5.32 Å². The molecule has 0 radical (unpaired) electrons. The first-order valence-electron chi connectivity index (χ1n) is 6.73. The van der Waals surface area contributed by atoms with Gasteiger partial charge < -0.3 is 20.9 Å². The Morgan fingerprint density at radius 1 is 1.19 bits per heavy atom. The highest BCUT2D eigenvalue weighted by molar-refractivity contribution is 5.85. The van der Waals surface area contributed by atoms with Gasteiger partial charge in [0.25, 0.3) is 0 Å².